The Morgan fingerprint density at radius 3 is 2.39 bits per heavy atom. The minimum Gasteiger partial charge on any atom is -1.00 e. The Morgan fingerprint density at radius 2 is 1.76 bits per heavy atom. The van der Waals surface area contributed by atoms with Crippen LogP contribution < -0.4 is 31.6 Å². The van der Waals surface area contributed by atoms with Crippen LogP contribution in [0.3, 0.4) is 0 Å². The molecule has 1 heterocycles. The molecule has 0 fully saturated rings. The number of carbonyl (C=O) groups excluding carboxylic acids is 1. The Hall–Kier alpha value is -2.28. The van der Waals surface area contributed by atoms with Crippen LogP contribution in [0.15, 0.2) is 60.8 Å². The van der Waals surface area contributed by atoms with E-state index in [1.807, 2.05) is 57.3 Å². The van der Waals surface area contributed by atoms with Crippen molar-refractivity contribution in [2.45, 2.75) is 39.5 Å². The molecule has 0 aliphatic heterocycles. The summed E-state index contributed by atoms with van der Waals surface area (Å²) >= 11 is 12.8. The van der Waals surface area contributed by atoms with Crippen LogP contribution in [0.5, 0.6) is 5.75 Å². The van der Waals surface area contributed by atoms with Crippen molar-refractivity contribution in [2.75, 3.05) is 7.11 Å². The summed E-state index contributed by atoms with van der Waals surface area (Å²) in [4.78, 5) is 12.3. The highest BCUT2D eigenvalue weighted by Gasteiger charge is 2.21. The molecule has 33 heavy (non-hydrogen) atoms. The van der Waals surface area contributed by atoms with Crippen LogP contribution in [0.1, 0.15) is 32.0 Å². The molecule has 0 saturated heterocycles. The van der Waals surface area contributed by atoms with Crippen molar-refractivity contribution in [3.63, 3.8) is 0 Å². The highest BCUT2D eigenvalue weighted by Crippen LogP contribution is 2.40. The van der Waals surface area contributed by atoms with Gasteiger partial charge in [0.05, 0.1) is 17.2 Å². The number of methoxy groups -OCH3 is 1. The van der Waals surface area contributed by atoms with E-state index in [0.717, 1.165) is 16.8 Å². The van der Waals surface area contributed by atoms with Crippen molar-refractivity contribution in [1.82, 2.24) is 5.32 Å². The second kappa shape index (κ2) is 11.7. The Labute approximate surface area is 215 Å². The molecule has 0 spiro atoms. The van der Waals surface area contributed by atoms with E-state index >= 15 is 0 Å². The summed E-state index contributed by atoms with van der Waals surface area (Å²) in [7, 11) is 1.59. The first-order chi connectivity index (χ1) is 15.2. The van der Waals surface area contributed by atoms with E-state index in [-0.39, 0.29) is 23.5 Å². The lowest BCUT2D eigenvalue weighted by molar-refractivity contribution is -0.695. The van der Waals surface area contributed by atoms with E-state index in [2.05, 4.69) is 22.0 Å². The number of ether oxygens (including phenoxy) is 2. The van der Waals surface area contributed by atoms with Crippen molar-refractivity contribution < 1.29 is 35.8 Å². The standard InChI is InChI=1S/C25H26Cl2N2O3.BrH/c1-25(2,3)32-24(30)28-15-19-14-18(22-21(31-4)11-10-20(26)23(22)27)12-13-29(19)16-17-8-6-5-7-9-17;/h5-14H,15-16H2,1-4H3;1H. The van der Waals surface area contributed by atoms with Gasteiger partial charge in [0.1, 0.15) is 17.9 Å². The predicted octanol–water partition coefficient (Wildman–Crippen LogP) is 3.03. The SMILES string of the molecule is COc1ccc(Cl)c(Cl)c1-c1cc[n+](Cc2ccccc2)c(CNC(=O)OC(C)(C)C)c1.[Br-]. The molecule has 3 rings (SSSR count). The van der Waals surface area contributed by atoms with Crippen molar-refractivity contribution in [3.05, 3.63) is 82.1 Å². The number of hydrogen-bond acceptors (Lipinski definition) is 3. The maximum Gasteiger partial charge on any atom is 0.408 e. The number of benzene rings is 2. The quantitative estimate of drug-likeness (QED) is 0.477. The van der Waals surface area contributed by atoms with Gasteiger partial charge < -0.3 is 31.8 Å². The number of hydrogen-bond donors (Lipinski definition) is 1. The average Bonchev–Trinajstić information content (AvgIpc) is 2.74. The first-order valence-corrected chi connectivity index (χ1v) is 11.0. The molecule has 1 N–H and O–H groups in total. The van der Waals surface area contributed by atoms with Gasteiger partial charge >= 0.3 is 6.09 Å². The third kappa shape index (κ3) is 7.36. The van der Waals surface area contributed by atoms with Crippen LogP contribution in [0, 0.1) is 0 Å². The lowest BCUT2D eigenvalue weighted by atomic mass is 10.0. The zero-order valence-electron chi connectivity index (χ0n) is 19.0. The van der Waals surface area contributed by atoms with Gasteiger partial charge in [0, 0.05) is 23.3 Å². The molecule has 0 saturated carbocycles. The highest BCUT2D eigenvalue weighted by molar-refractivity contribution is 6.44. The Morgan fingerprint density at radius 1 is 1.06 bits per heavy atom. The van der Waals surface area contributed by atoms with Gasteiger partial charge in [0.15, 0.2) is 12.7 Å². The number of amides is 1. The fraction of sp³-hybridized carbons (Fsp3) is 0.280. The Bertz CT molecular complexity index is 1100. The molecular weight excluding hydrogens is 527 g/mol. The first-order valence-electron chi connectivity index (χ1n) is 10.2. The third-order valence-corrected chi connectivity index (χ3v) is 5.50. The predicted molar refractivity (Wildman–Crippen MR) is 127 cm³/mol. The fourth-order valence-electron chi connectivity index (χ4n) is 3.27. The molecule has 0 radical (unpaired) electrons. The molecule has 8 heteroatoms. The number of aromatic nitrogens is 1. The van der Waals surface area contributed by atoms with Crippen molar-refractivity contribution in [3.8, 4) is 16.9 Å². The second-order valence-corrected chi connectivity index (χ2v) is 9.10. The molecule has 0 atom stereocenters. The summed E-state index contributed by atoms with van der Waals surface area (Å²) in [6.45, 7) is 6.41. The molecule has 0 unspecified atom stereocenters. The molecule has 1 amide bonds. The van der Waals surface area contributed by atoms with Gasteiger partial charge in [-0.05, 0) is 38.5 Å². The highest BCUT2D eigenvalue weighted by atomic mass is 79.9. The number of nitrogens with zero attached hydrogens (tertiary/aromatic N) is 1. The van der Waals surface area contributed by atoms with Crippen LogP contribution >= 0.6 is 23.2 Å². The number of rotatable bonds is 6. The van der Waals surface area contributed by atoms with Crippen molar-refractivity contribution >= 4 is 29.3 Å². The molecule has 1 aromatic heterocycles. The third-order valence-electron chi connectivity index (χ3n) is 4.70. The van der Waals surface area contributed by atoms with Crippen LogP contribution in [-0.2, 0) is 17.8 Å². The summed E-state index contributed by atoms with van der Waals surface area (Å²) in [5.41, 5.74) is 2.97. The lowest BCUT2D eigenvalue weighted by Crippen LogP contribution is -3.00. The first kappa shape index (κ1) is 27.0. The fourth-order valence-corrected chi connectivity index (χ4v) is 3.69. The topological polar surface area (TPSA) is 51.4 Å². The van der Waals surface area contributed by atoms with Gasteiger partial charge in [-0.2, -0.15) is 4.57 Å². The minimum atomic E-state index is -0.576. The van der Waals surface area contributed by atoms with Gasteiger partial charge in [0.25, 0.3) is 0 Å². The van der Waals surface area contributed by atoms with E-state index in [0.29, 0.717) is 27.9 Å². The summed E-state index contributed by atoms with van der Waals surface area (Å²) in [5, 5.41) is 3.70. The van der Waals surface area contributed by atoms with Gasteiger partial charge in [0.2, 0.25) is 5.69 Å². The molecule has 0 bridgehead atoms. The molecule has 176 valence electrons. The van der Waals surface area contributed by atoms with Crippen LogP contribution in [0.25, 0.3) is 11.1 Å². The number of pyridine rings is 1. The average molecular weight is 554 g/mol. The lowest BCUT2D eigenvalue weighted by Gasteiger charge is -2.19. The molecule has 3 aromatic rings. The van der Waals surface area contributed by atoms with Crippen molar-refractivity contribution in [1.29, 1.82) is 0 Å². The van der Waals surface area contributed by atoms with Gasteiger partial charge in [-0.3, -0.25) is 0 Å². The monoisotopic (exact) mass is 552 g/mol. The van der Waals surface area contributed by atoms with E-state index in [1.54, 1.807) is 19.2 Å². The summed E-state index contributed by atoms with van der Waals surface area (Å²) in [6, 6.07) is 17.5. The Balaban J connectivity index is 0.00000385. The van der Waals surface area contributed by atoms with Gasteiger partial charge in [-0.1, -0.05) is 53.5 Å². The van der Waals surface area contributed by atoms with Gasteiger partial charge in [-0.25, -0.2) is 4.79 Å². The molecular formula is C25H27BrCl2N2O3. The maximum absolute atomic E-state index is 12.3. The van der Waals surface area contributed by atoms with E-state index in [4.69, 9.17) is 32.7 Å². The summed E-state index contributed by atoms with van der Waals surface area (Å²) in [5.74, 6) is 0.617. The molecule has 5 nitrogen and oxygen atoms in total. The van der Waals surface area contributed by atoms with Gasteiger partial charge in [-0.15, -0.1) is 0 Å². The van der Waals surface area contributed by atoms with Crippen LogP contribution in [0.2, 0.25) is 10.0 Å². The summed E-state index contributed by atoms with van der Waals surface area (Å²) in [6.07, 6.45) is 1.48. The molecule has 2 aromatic carbocycles. The zero-order valence-corrected chi connectivity index (χ0v) is 22.1. The number of alkyl carbamates (subject to hydrolysis) is 1. The minimum absolute atomic E-state index is 0. The van der Waals surface area contributed by atoms with Crippen molar-refractivity contribution in [2.24, 2.45) is 0 Å². The van der Waals surface area contributed by atoms with Crippen LogP contribution in [0.4, 0.5) is 4.79 Å². The van der Waals surface area contributed by atoms with E-state index in [1.165, 1.54) is 0 Å². The van der Waals surface area contributed by atoms with Crippen LogP contribution in [-0.4, -0.2) is 18.8 Å². The van der Waals surface area contributed by atoms with E-state index < -0.39 is 11.7 Å². The smallest absolute Gasteiger partial charge is 0.408 e. The number of carbonyl (C=O) groups is 1. The number of nitrogens with one attached hydrogen (secondary N) is 1. The number of halogens is 3. The van der Waals surface area contributed by atoms with E-state index in [9.17, 15) is 4.79 Å². The Kier molecular flexibility index (Phi) is 9.58. The maximum atomic E-state index is 12.3. The molecule has 0 aliphatic carbocycles. The zero-order chi connectivity index (χ0) is 23.3. The largest absolute Gasteiger partial charge is 1.00 e. The molecule has 0 aliphatic rings. The summed E-state index contributed by atoms with van der Waals surface area (Å²) < 4.78 is 13.0. The normalized spacial score (nSPS) is 10.8. The second-order valence-electron chi connectivity index (χ2n) is 8.31.